The molecule has 2 aliphatic heterocycles. The number of benzene rings is 2. The molecule has 0 bridgehead atoms. The molecule has 2 atom stereocenters. The molecule has 0 radical (unpaired) electrons. The smallest absolute Gasteiger partial charge is 0.342 e. The molecule has 202 valence electrons. The lowest BCUT2D eigenvalue weighted by Gasteiger charge is -2.28. The number of cyclic esters (lactones) is 1. The normalized spacial score (nSPS) is 20.4. The van der Waals surface area contributed by atoms with E-state index in [1.807, 2.05) is 6.08 Å². The summed E-state index contributed by atoms with van der Waals surface area (Å²) in [5.74, 6) is -1.92. The molecule has 2 heterocycles. The van der Waals surface area contributed by atoms with E-state index in [9.17, 15) is 24.6 Å². The standard InChI is InChI=1S/C29H32O9/c1-16-8-7-11-19(30)10-6-4-5-9-17-12-21-26(28(33)25(17)29(34)37-16)20(15-24(31)38-21)18-13-22(35-2)27(32)23(14-18)36-3/h5,9,12-14,16,20,32-33H,4,6-8,10-11,15H2,1-3H3/t16-,20+/m1/s1. The summed E-state index contributed by atoms with van der Waals surface area (Å²) < 4.78 is 21.7. The molecule has 38 heavy (non-hydrogen) atoms. The van der Waals surface area contributed by atoms with Gasteiger partial charge in [-0.25, -0.2) is 4.79 Å². The minimum Gasteiger partial charge on any atom is -0.507 e. The SMILES string of the molecule is COc1cc([C@@H]2CC(=O)Oc3cc4c(c(O)c32)C(=O)O[C@H](C)CCCC(=O)CCCC=C4)cc(OC)c1O. The maximum absolute atomic E-state index is 13.3. The summed E-state index contributed by atoms with van der Waals surface area (Å²) in [6.07, 6.45) is 6.20. The van der Waals surface area contributed by atoms with Crippen LogP contribution >= 0.6 is 0 Å². The number of fused-ring (bicyclic) bond motifs is 2. The number of hydrogen-bond donors (Lipinski definition) is 2. The van der Waals surface area contributed by atoms with Crippen molar-refractivity contribution < 1.29 is 43.5 Å². The van der Waals surface area contributed by atoms with Crippen molar-refractivity contribution in [1.82, 2.24) is 0 Å². The first kappa shape index (κ1) is 27.0. The minimum absolute atomic E-state index is 0.0272. The molecule has 2 aromatic carbocycles. The number of hydrogen-bond acceptors (Lipinski definition) is 9. The number of methoxy groups -OCH3 is 2. The molecular formula is C29H32O9. The highest BCUT2D eigenvalue weighted by Crippen LogP contribution is 2.49. The fourth-order valence-corrected chi connectivity index (χ4v) is 4.92. The third-order valence-corrected chi connectivity index (χ3v) is 6.88. The van der Waals surface area contributed by atoms with Gasteiger partial charge < -0.3 is 29.2 Å². The van der Waals surface area contributed by atoms with Gasteiger partial charge in [-0.15, -0.1) is 0 Å². The Bertz CT molecular complexity index is 1250. The molecule has 0 spiro atoms. The van der Waals surface area contributed by atoms with E-state index in [1.165, 1.54) is 14.2 Å². The number of ether oxygens (including phenoxy) is 4. The van der Waals surface area contributed by atoms with Crippen molar-refractivity contribution in [1.29, 1.82) is 0 Å². The lowest BCUT2D eigenvalue weighted by Crippen LogP contribution is -2.23. The number of aromatic hydroxyl groups is 2. The molecular weight excluding hydrogens is 492 g/mol. The second kappa shape index (κ2) is 11.6. The number of ketones is 1. The van der Waals surface area contributed by atoms with Crippen molar-refractivity contribution in [2.24, 2.45) is 0 Å². The Kier molecular flexibility index (Phi) is 8.24. The first-order valence-corrected chi connectivity index (χ1v) is 12.7. The second-order valence-electron chi connectivity index (χ2n) is 9.55. The highest BCUT2D eigenvalue weighted by Gasteiger charge is 2.36. The largest absolute Gasteiger partial charge is 0.507 e. The van der Waals surface area contributed by atoms with Crippen LogP contribution in [-0.4, -0.2) is 48.3 Å². The molecule has 2 aliphatic rings. The fraction of sp³-hybridized carbons (Fsp3) is 0.414. The number of Topliss-reactive ketones (excluding diaryl/α,β-unsaturated/α-hetero) is 1. The van der Waals surface area contributed by atoms with E-state index in [0.29, 0.717) is 49.7 Å². The van der Waals surface area contributed by atoms with Gasteiger partial charge in [0.2, 0.25) is 5.75 Å². The van der Waals surface area contributed by atoms with Crippen LogP contribution in [0, 0.1) is 0 Å². The third kappa shape index (κ3) is 5.61. The van der Waals surface area contributed by atoms with E-state index in [0.717, 1.165) is 0 Å². The Morgan fingerprint density at radius 3 is 2.32 bits per heavy atom. The van der Waals surface area contributed by atoms with Gasteiger partial charge in [0.1, 0.15) is 22.8 Å². The van der Waals surface area contributed by atoms with Crippen LogP contribution < -0.4 is 14.2 Å². The summed E-state index contributed by atoms with van der Waals surface area (Å²) in [5, 5.41) is 21.9. The van der Waals surface area contributed by atoms with Crippen molar-refractivity contribution in [3.05, 3.63) is 46.5 Å². The molecule has 0 saturated carbocycles. The monoisotopic (exact) mass is 524 g/mol. The molecule has 0 aromatic heterocycles. The number of phenols is 2. The van der Waals surface area contributed by atoms with E-state index in [4.69, 9.17) is 18.9 Å². The molecule has 0 fully saturated rings. The van der Waals surface area contributed by atoms with Gasteiger partial charge in [-0.1, -0.05) is 12.2 Å². The first-order chi connectivity index (χ1) is 18.2. The van der Waals surface area contributed by atoms with Crippen molar-refractivity contribution in [2.75, 3.05) is 14.2 Å². The molecule has 9 nitrogen and oxygen atoms in total. The Balaban J connectivity index is 1.85. The number of carbonyl (C=O) groups excluding carboxylic acids is 3. The van der Waals surface area contributed by atoms with Gasteiger partial charge >= 0.3 is 11.9 Å². The summed E-state index contributed by atoms with van der Waals surface area (Å²) in [4.78, 5) is 38.0. The van der Waals surface area contributed by atoms with Crippen LogP contribution in [0.2, 0.25) is 0 Å². The Hall–Kier alpha value is -4.01. The van der Waals surface area contributed by atoms with Crippen LogP contribution in [0.25, 0.3) is 6.08 Å². The molecule has 4 rings (SSSR count). The lowest BCUT2D eigenvalue weighted by atomic mass is 9.83. The molecule has 2 N–H and O–H groups in total. The zero-order valence-corrected chi connectivity index (χ0v) is 21.7. The molecule has 0 amide bonds. The Morgan fingerprint density at radius 1 is 0.947 bits per heavy atom. The van der Waals surface area contributed by atoms with Crippen LogP contribution in [0.5, 0.6) is 28.7 Å². The van der Waals surface area contributed by atoms with E-state index in [-0.39, 0.29) is 52.1 Å². The maximum atomic E-state index is 13.3. The molecule has 9 heteroatoms. The van der Waals surface area contributed by atoms with E-state index < -0.39 is 24.0 Å². The molecule has 2 aromatic rings. The average Bonchev–Trinajstić information content (AvgIpc) is 2.87. The van der Waals surface area contributed by atoms with Crippen LogP contribution in [0.15, 0.2) is 24.3 Å². The van der Waals surface area contributed by atoms with E-state index >= 15 is 0 Å². The fourth-order valence-electron chi connectivity index (χ4n) is 4.92. The van der Waals surface area contributed by atoms with Gasteiger partial charge in [-0.05, 0) is 61.9 Å². The lowest BCUT2D eigenvalue weighted by molar-refractivity contribution is -0.135. The molecule has 0 aliphatic carbocycles. The quantitative estimate of drug-likeness (QED) is 0.419. The summed E-state index contributed by atoms with van der Waals surface area (Å²) in [6.45, 7) is 1.75. The predicted octanol–water partition coefficient (Wildman–Crippen LogP) is 5.04. The number of phenolic OH excluding ortho intramolecular Hbond substituents is 2. The summed E-state index contributed by atoms with van der Waals surface area (Å²) in [5.41, 5.74) is 1.09. The number of allylic oxidation sites excluding steroid dienone is 1. The van der Waals surface area contributed by atoms with Crippen LogP contribution in [0.3, 0.4) is 0 Å². The van der Waals surface area contributed by atoms with E-state index in [2.05, 4.69) is 0 Å². The van der Waals surface area contributed by atoms with Gasteiger partial charge in [-0.3, -0.25) is 9.59 Å². The Labute approximate surface area is 221 Å². The van der Waals surface area contributed by atoms with Crippen LogP contribution in [0.1, 0.15) is 84.8 Å². The number of rotatable bonds is 3. The third-order valence-electron chi connectivity index (χ3n) is 6.88. The van der Waals surface area contributed by atoms with Crippen molar-refractivity contribution in [3.8, 4) is 28.7 Å². The van der Waals surface area contributed by atoms with Gasteiger partial charge in [0.15, 0.2) is 11.5 Å². The van der Waals surface area contributed by atoms with Crippen molar-refractivity contribution in [3.63, 3.8) is 0 Å². The minimum atomic E-state index is -0.715. The number of carbonyl (C=O) groups is 3. The summed E-state index contributed by atoms with van der Waals surface area (Å²) >= 11 is 0. The van der Waals surface area contributed by atoms with Crippen LogP contribution in [-0.2, 0) is 14.3 Å². The summed E-state index contributed by atoms with van der Waals surface area (Å²) in [6, 6.07) is 4.65. The average molecular weight is 525 g/mol. The van der Waals surface area contributed by atoms with Crippen molar-refractivity contribution >= 4 is 23.8 Å². The van der Waals surface area contributed by atoms with Gasteiger partial charge in [0.25, 0.3) is 0 Å². The van der Waals surface area contributed by atoms with Crippen LogP contribution in [0.4, 0.5) is 0 Å². The van der Waals surface area contributed by atoms with Gasteiger partial charge in [0.05, 0.1) is 26.7 Å². The molecule has 0 unspecified atom stereocenters. The zero-order valence-electron chi connectivity index (χ0n) is 21.7. The second-order valence-corrected chi connectivity index (χ2v) is 9.55. The highest BCUT2D eigenvalue weighted by molar-refractivity contribution is 5.98. The zero-order chi connectivity index (χ0) is 27.4. The predicted molar refractivity (Wildman–Crippen MR) is 138 cm³/mol. The maximum Gasteiger partial charge on any atom is 0.342 e. The van der Waals surface area contributed by atoms with Gasteiger partial charge in [-0.2, -0.15) is 0 Å². The Morgan fingerprint density at radius 2 is 1.63 bits per heavy atom. The summed E-state index contributed by atoms with van der Waals surface area (Å²) in [7, 11) is 2.78. The van der Waals surface area contributed by atoms with E-state index in [1.54, 1.807) is 31.2 Å². The highest BCUT2D eigenvalue weighted by atomic mass is 16.5. The van der Waals surface area contributed by atoms with Crippen molar-refractivity contribution in [2.45, 2.75) is 63.9 Å². The van der Waals surface area contributed by atoms with Gasteiger partial charge in [0, 0.05) is 24.3 Å². The number of esters is 2. The first-order valence-electron chi connectivity index (χ1n) is 12.7. The molecule has 0 saturated heterocycles. The topological polar surface area (TPSA) is 129 Å².